The van der Waals surface area contributed by atoms with Gasteiger partial charge in [0, 0.05) is 24.8 Å². The zero-order valence-electron chi connectivity index (χ0n) is 8.73. The third-order valence-electron chi connectivity index (χ3n) is 2.41. The summed E-state index contributed by atoms with van der Waals surface area (Å²) in [6, 6.07) is 5.35. The van der Waals surface area contributed by atoms with E-state index in [1.54, 1.807) is 19.2 Å². The molecule has 1 unspecified atom stereocenters. The van der Waals surface area contributed by atoms with Crippen LogP contribution in [0.1, 0.15) is 6.42 Å². The SMILES string of the molecule is COc1cc(N)ccc1OCC1CCO1. The van der Waals surface area contributed by atoms with E-state index in [2.05, 4.69) is 0 Å². The number of hydrogen-bond acceptors (Lipinski definition) is 4. The Balaban J connectivity index is 1.99. The van der Waals surface area contributed by atoms with Crippen molar-refractivity contribution in [2.75, 3.05) is 26.1 Å². The normalized spacial score (nSPS) is 19.4. The van der Waals surface area contributed by atoms with Crippen LogP contribution in [0.3, 0.4) is 0 Å². The number of nitrogen functional groups attached to an aromatic ring is 1. The maximum Gasteiger partial charge on any atom is 0.162 e. The molecule has 1 aromatic carbocycles. The molecule has 1 heterocycles. The fourth-order valence-electron chi connectivity index (χ4n) is 1.40. The standard InChI is InChI=1S/C11H15NO3/c1-13-11-6-8(12)2-3-10(11)15-7-9-4-5-14-9/h2-3,6,9H,4-5,7,12H2,1H3. The average molecular weight is 209 g/mol. The van der Waals surface area contributed by atoms with Crippen molar-refractivity contribution in [2.45, 2.75) is 12.5 Å². The van der Waals surface area contributed by atoms with Gasteiger partial charge in [0.15, 0.2) is 11.5 Å². The minimum atomic E-state index is 0.229. The van der Waals surface area contributed by atoms with E-state index in [0.717, 1.165) is 13.0 Å². The van der Waals surface area contributed by atoms with Gasteiger partial charge in [0.25, 0.3) is 0 Å². The smallest absolute Gasteiger partial charge is 0.162 e. The molecule has 4 heteroatoms. The summed E-state index contributed by atoms with van der Waals surface area (Å²) in [4.78, 5) is 0. The Morgan fingerprint density at radius 3 is 2.87 bits per heavy atom. The van der Waals surface area contributed by atoms with Gasteiger partial charge in [-0.05, 0) is 12.1 Å². The minimum Gasteiger partial charge on any atom is -0.493 e. The Hall–Kier alpha value is -1.42. The van der Waals surface area contributed by atoms with Gasteiger partial charge in [-0.1, -0.05) is 0 Å². The summed E-state index contributed by atoms with van der Waals surface area (Å²) in [5.74, 6) is 1.37. The molecule has 0 amide bonds. The van der Waals surface area contributed by atoms with Crippen LogP contribution in [0, 0.1) is 0 Å². The van der Waals surface area contributed by atoms with Gasteiger partial charge in [-0.3, -0.25) is 0 Å². The summed E-state index contributed by atoms with van der Waals surface area (Å²) in [5.41, 5.74) is 6.30. The molecule has 82 valence electrons. The maximum absolute atomic E-state index is 5.64. The highest BCUT2D eigenvalue weighted by atomic mass is 16.6. The van der Waals surface area contributed by atoms with Crippen LogP contribution in [0.15, 0.2) is 18.2 Å². The zero-order chi connectivity index (χ0) is 10.7. The van der Waals surface area contributed by atoms with Crippen LogP contribution in [-0.4, -0.2) is 26.4 Å². The molecule has 1 aliphatic heterocycles. The summed E-state index contributed by atoms with van der Waals surface area (Å²) < 4.78 is 16.0. The number of hydrogen-bond donors (Lipinski definition) is 1. The van der Waals surface area contributed by atoms with Crippen LogP contribution in [0.5, 0.6) is 11.5 Å². The van der Waals surface area contributed by atoms with E-state index in [9.17, 15) is 0 Å². The Kier molecular flexibility index (Phi) is 2.97. The fourth-order valence-corrected chi connectivity index (χ4v) is 1.40. The van der Waals surface area contributed by atoms with Gasteiger partial charge < -0.3 is 19.9 Å². The van der Waals surface area contributed by atoms with E-state index >= 15 is 0 Å². The van der Waals surface area contributed by atoms with Gasteiger partial charge in [-0.2, -0.15) is 0 Å². The predicted octanol–water partition coefficient (Wildman–Crippen LogP) is 1.45. The Morgan fingerprint density at radius 1 is 1.47 bits per heavy atom. The highest BCUT2D eigenvalue weighted by Gasteiger charge is 2.19. The highest BCUT2D eigenvalue weighted by molar-refractivity contribution is 5.51. The molecule has 2 N–H and O–H groups in total. The predicted molar refractivity (Wildman–Crippen MR) is 57.3 cm³/mol. The van der Waals surface area contributed by atoms with Gasteiger partial charge in [-0.25, -0.2) is 0 Å². The molecule has 1 saturated heterocycles. The van der Waals surface area contributed by atoms with Crippen LogP contribution in [-0.2, 0) is 4.74 Å². The number of methoxy groups -OCH3 is 1. The lowest BCUT2D eigenvalue weighted by molar-refractivity contribution is -0.0723. The number of anilines is 1. The van der Waals surface area contributed by atoms with Crippen LogP contribution in [0.2, 0.25) is 0 Å². The lowest BCUT2D eigenvalue weighted by Crippen LogP contribution is -2.32. The first-order valence-electron chi connectivity index (χ1n) is 4.97. The molecule has 1 aromatic rings. The third-order valence-corrected chi connectivity index (χ3v) is 2.41. The first kappa shape index (κ1) is 10.1. The molecule has 4 nitrogen and oxygen atoms in total. The van der Waals surface area contributed by atoms with Crippen molar-refractivity contribution in [3.05, 3.63) is 18.2 Å². The lowest BCUT2D eigenvalue weighted by atomic mass is 10.2. The molecule has 0 bridgehead atoms. The number of nitrogens with two attached hydrogens (primary N) is 1. The number of ether oxygens (including phenoxy) is 3. The van der Waals surface area contributed by atoms with Crippen molar-refractivity contribution in [1.29, 1.82) is 0 Å². The molecule has 0 saturated carbocycles. The van der Waals surface area contributed by atoms with Gasteiger partial charge in [-0.15, -0.1) is 0 Å². The minimum absolute atomic E-state index is 0.229. The lowest BCUT2D eigenvalue weighted by Gasteiger charge is -2.26. The first-order chi connectivity index (χ1) is 7.29. The quantitative estimate of drug-likeness (QED) is 0.762. The van der Waals surface area contributed by atoms with E-state index < -0.39 is 0 Å². The molecule has 0 radical (unpaired) electrons. The van der Waals surface area contributed by atoms with Crippen LogP contribution >= 0.6 is 0 Å². The summed E-state index contributed by atoms with van der Waals surface area (Å²) in [6.07, 6.45) is 1.30. The largest absolute Gasteiger partial charge is 0.493 e. The molecular formula is C11H15NO3. The van der Waals surface area contributed by atoms with E-state index in [1.165, 1.54) is 0 Å². The van der Waals surface area contributed by atoms with Crippen LogP contribution in [0.25, 0.3) is 0 Å². The number of rotatable bonds is 4. The second-order valence-corrected chi connectivity index (χ2v) is 3.50. The van der Waals surface area contributed by atoms with Crippen LogP contribution < -0.4 is 15.2 Å². The molecule has 0 aromatic heterocycles. The third kappa shape index (κ3) is 2.33. The summed E-state index contributed by atoms with van der Waals surface area (Å²) in [7, 11) is 1.60. The maximum atomic E-state index is 5.64. The molecule has 1 atom stereocenters. The summed E-state index contributed by atoms with van der Waals surface area (Å²) >= 11 is 0. The summed E-state index contributed by atoms with van der Waals surface area (Å²) in [6.45, 7) is 1.41. The second kappa shape index (κ2) is 4.40. The van der Waals surface area contributed by atoms with Crippen LogP contribution in [0.4, 0.5) is 5.69 Å². The van der Waals surface area contributed by atoms with E-state index in [0.29, 0.717) is 23.8 Å². The molecular weight excluding hydrogens is 194 g/mol. The molecule has 0 aliphatic carbocycles. The molecule has 0 spiro atoms. The van der Waals surface area contributed by atoms with Crippen molar-refractivity contribution < 1.29 is 14.2 Å². The molecule has 1 fully saturated rings. The first-order valence-corrected chi connectivity index (χ1v) is 4.97. The van der Waals surface area contributed by atoms with Gasteiger partial charge in [0.05, 0.1) is 13.2 Å². The van der Waals surface area contributed by atoms with Gasteiger partial charge >= 0.3 is 0 Å². The Labute approximate surface area is 88.9 Å². The van der Waals surface area contributed by atoms with Gasteiger partial charge in [0.2, 0.25) is 0 Å². The second-order valence-electron chi connectivity index (χ2n) is 3.50. The molecule has 15 heavy (non-hydrogen) atoms. The van der Waals surface area contributed by atoms with E-state index in [-0.39, 0.29) is 6.10 Å². The van der Waals surface area contributed by atoms with E-state index in [4.69, 9.17) is 19.9 Å². The number of benzene rings is 1. The van der Waals surface area contributed by atoms with E-state index in [1.807, 2.05) is 6.07 Å². The monoisotopic (exact) mass is 209 g/mol. The Morgan fingerprint density at radius 2 is 2.27 bits per heavy atom. The van der Waals surface area contributed by atoms with Crippen molar-refractivity contribution in [1.82, 2.24) is 0 Å². The van der Waals surface area contributed by atoms with Gasteiger partial charge in [0.1, 0.15) is 6.61 Å². The summed E-state index contributed by atoms with van der Waals surface area (Å²) in [5, 5.41) is 0. The topological polar surface area (TPSA) is 53.7 Å². The fraction of sp³-hybridized carbons (Fsp3) is 0.455. The highest BCUT2D eigenvalue weighted by Crippen LogP contribution is 2.29. The zero-order valence-corrected chi connectivity index (χ0v) is 8.73. The van der Waals surface area contributed by atoms with Crippen molar-refractivity contribution in [3.8, 4) is 11.5 Å². The average Bonchev–Trinajstić information content (AvgIpc) is 2.17. The van der Waals surface area contributed by atoms with Crippen molar-refractivity contribution in [2.24, 2.45) is 0 Å². The van der Waals surface area contributed by atoms with Crippen molar-refractivity contribution >= 4 is 5.69 Å². The van der Waals surface area contributed by atoms with Crippen molar-refractivity contribution in [3.63, 3.8) is 0 Å². The molecule has 2 rings (SSSR count). The molecule has 1 aliphatic rings. The Bertz CT molecular complexity index is 337.